The molecular weight excluding hydrogens is 601 g/mol. The van der Waals surface area contributed by atoms with Crippen LogP contribution in [0, 0.1) is 29.4 Å². The normalized spacial score (nSPS) is 18.8. The first-order valence-corrected chi connectivity index (χ1v) is 15.5. The molecular formula is C30H25F3N4O4S2. The first-order valence-electron chi connectivity index (χ1n) is 13.4. The molecule has 3 N–H and O–H groups in total. The lowest BCUT2D eigenvalue weighted by molar-refractivity contribution is 0.0691. The van der Waals surface area contributed by atoms with Crippen LogP contribution in [-0.2, 0) is 28.6 Å². The van der Waals surface area contributed by atoms with Crippen molar-refractivity contribution in [1.82, 2.24) is 14.8 Å². The number of nitrogens with zero attached hydrogens (tertiary/aromatic N) is 3. The zero-order chi connectivity index (χ0) is 30.3. The number of alkyl halides is 1. The molecule has 6 rings (SSSR count). The molecule has 4 aromatic rings. The number of aromatic carboxylic acids is 1. The molecule has 2 aliphatic rings. The number of benzene rings is 2. The summed E-state index contributed by atoms with van der Waals surface area (Å²) in [6, 6.07) is 8.52. The van der Waals surface area contributed by atoms with Crippen molar-refractivity contribution in [3.8, 4) is 28.2 Å². The maximum atomic E-state index is 14.9. The van der Waals surface area contributed by atoms with Crippen LogP contribution in [0.5, 0.6) is 0 Å². The molecule has 1 saturated carbocycles. The lowest BCUT2D eigenvalue weighted by atomic mass is 9.96. The quantitative estimate of drug-likeness (QED) is 0.267. The van der Waals surface area contributed by atoms with E-state index in [-0.39, 0.29) is 42.2 Å². The SMILES string of the molecule is NS(=O)c1ccc(Cc2c(-c3ccc(F)c(C#CC4(F)CCOC4)c3)nn(-c3nc(C(=O)O)cs3)c2CC2CC2)cc1F. The third-order valence-electron chi connectivity index (χ3n) is 7.39. The zero-order valence-corrected chi connectivity index (χ0v) is 24.2. The second-order valence-corrected chi connectivity index (χ2v) is 12.5. The van der Waals surface area contributed by atoms with E-state index in [1.165, 1.54) is 35.7 Å². The summed E-state index contributed by atoms with van der Waals surface area (Å²) in [5, 5.41) is 21.4. The Kier molecular flexibility index (Phi) is 7.95. The van der Waals surface area contributed by atoms with Gasteiger partial charge in [-0.1, -0.05) is 17.9 Å². The van der Waals surface area contributed by atoms with E-state index in [1.807, 2.05) is 0 Å². The van der Waals surface area contributed by atoms with Crippen LogP contribution in [0.4, 0.5) is 13.2 Å². The van der Waals surface area contributed by atoms with Crippen LogP contribution in [-0.4, -0.2) is 48.9 Å². The summed E-state index contributed by atoms with van der Waals surface area (Å²) in [6.45, 7) is 0.0566. The Morgan fingerprint density at radius 3 is 2.70 bits per heavy atom. The van der Waals surface area contributed by atoms with Gasteiger partial charge in [-0.25, -0.2) is 37.0 Å². The summed E-state index contributed by atoms with van der Waals surface area (Å²) in [5.41, 5.74) is 0.947. The number of nitrogens with two attached hydrogens (primary N) is 1. The van der Waals surface area contributed by atoms with Crippen molar-refractivity contribution in [2.75, 3.05) is 13.2 Å². The van der Waals surface area contributed by atoms with Gasteiger partial charge in [0.2, 0.25) is 5.13 Å². The van der Waals surface area contributed by atoms with E-state index >= 15 is 0 Å². The standard InChI is InChI=1S/C30H25F3N4O4S2/c31-22-5-4-20(14-19(22)7-8-30(33)9-10-41-16-30)27-21(11-18-3-6-26(43(34)40)23(32)12-18)25(13-17-1-2-17)37(36-27)29-35-24(15-42-29)28(38)39/h3-6,12,14-15,17H,1-2,9-11,13,16,34H2,(H,38,39). The first-order chi connectivity index (χ1) is 20.6. The van der Waals surface area contributed by atoms with Crippen LogP contribution in [0.2, 0.25) is 0 Å². The average molecular weight is 627 g/mol. The number of thiazole rings is 1. The van der Waals surface area contributed by atoms with E-state index in [0.717, 1.165) is 29.9 Å². The van der Waals surface area contributed by atoms with Gasteiger partial charge in [0, 0.05) is 29.3 Å². The zero-order valence-electron chi connectivity index (χ0n) is 22.6. The molecule has 13 heteroatoms. The summed E-state index contributed by atoms with van der Waals surface area (Å²) < 4.78 is 62.9. The van der Waals surface area contributed by atoms with Crippen molar-refractivity contribution in [3.05, 3.63) is 81.5 Å². The second kappa shape index (κ2) is 11.7. The molecule has 0 bridgehead atoms. The Labute approximate surface area is 251 Å². The van der Waals surface area contributed by atoms with Crippen molar-refractivity contribution in [2.24, 2.45) is 11.1 Å². The van der Waals surface area contributed by atoms with Gasteiger partial charge in [0.15, 0.2) is 11.4 Å². The van der Waals surface area contributed by atoms with Crippen molar-refractivity contribution in [2.45, 2.75) is 42.7 Å². The van der Waals surface area contributed by atoms with Crippen LogP contribution in [0.15, 0.2) is 46.7 Å². The van der Waals surface area contributed by atoms with Crippen LogP contribution >= 0.6 is 11.3 Å². The lowest BCUT2D eigenvalue weighted by Crippen LogP contribution is -2.19. The Balaban J connectivity index is 1.50. The molecule has 3 heterocycles. The highest BCUT2D eigenvalue weighted by atomic mass is 32.2. The van der Waals surface area contributed by atoms with Crippen LogP contribution in [0.3, 0.4) is 0 Å². The molecule has 0 spiro atoms. The number of rotatable bonds is 8. The Hall–Kier alpha value is -3.83. The molecule has 8 nitrogen and oxygen atoms in total. The van der Waals surface area contributed by atoms with E-state index < -0.39 is 34.3 Å². The fraction of sp³-hybridized carbons (Fsp3) is 0.300. The second-order valence-electron chi connectivity index (χ2n) is 10.6. The minimum absolute atomic E-state index is 0.0195. The lowest BCUT2D eigenvalue weighted by Gasteiger charge is -2.10. The number of carboxylic acid groups (broad SMARTS) is 1. The van der Waals surface area contributed by atoms with E-state index in [9.17, 15) is 27.3 Å². The molecule has 2 fully saturated rings. The van der Waals surface area contributed by atoms with Gasteiger partial charge >= 0.3 is 5.97 Å². The molecule has 2 atom stereocenters. The fourth-order valence-corrected chi connectivity index (χ4v) is 6.16. The predicted octanol–water partition coefficient (Wildman–Crippen LogP) is 4.98. The summed E-state index contributed by atoms with van der Waals surface area (Å²) in [7, 11) is -2.00. The highest BCUT2D eigenvalue weighted by molar-refractivity contribution is 7.82. The number of halogens is 3. The third-order valence-corrected chi connectivity index (χ3v) is 8.97. The fourth-order valence-electron chi connectivity index (χ4n) is 4.93. The van der Waals surface area contributed by atoms with Gasteiger partial charge in [-0.05, 0) is 61.1 Å². The highest BCUT2D eigenvalue weighted by Crippen LogP contribution is 2.38. The van der Waals surface area contributed by atoms with E-state index in [4.69, 9.17) is 15.0 Å². The number of carboxylic acids is 1. The molecule has 1 saturated heterocycles. The van der Waals surface area contributed by atoms with Gasteiger partial charge in [0.05, 0.1) is 35.1 Å². The predicted molar refractivity (Wildman–Crippen MR) is 154 cm³/mol. The summed E-state index contributed by atoms with van der Waals surface area (Å²) in [5.74, 6) is 3.01. The Bertz CT molecular complexity index is 1820. The van der Waals surface area contributed by atoms with Gasteiger partial charge < -0.3 is 9.84 Å². The van der Waals surface area contributed by atoms with Crippen LogP contribution in [0.1, 0.15) is 52.1 Å². The molecule has 2 aromatic heterocycles. The number of hydrogen-bond acceptors (Lipinski definition) is 6. The van der Waals surface area contributed by atoms with Gasteiger partial charge in [0.1, 0.15) is 22.6 Å². The van der Waals surface area contributed by atoms with E-state index in [0.29, 0.717) is 39.9 Å². The van der Waals surface area contributed by atoms with Crippen LogP contribution < -0.4 is 5.14 Å². The molecule has 2 unspecified atom stereocenters. The van der Waals surface area contributed by atoms with E-state index in [1.54, 1.807) is 10.7 Å². The molecule has 1 aliphatic heterocycles. The highest BCUT2D eigenvalue weighted by Gasteiger charge is 2.33. The molecule has 0 amide bonds. The van der Waals surface area contributed by atoms with Gasteiger partial charge in [-0.3, -0.25) is 0 Å². The minimum Gasteiger partial charge on any atom is -0.476 e. The largest absolute Gasteiger partial charge is 0.476 e. The molecule has 1 aliphatic carbocycles. The van der Waals surface area contributed by atoms with Gasteiger partial charge in [-0.2, -0.15) is 5.10 Å². The Morgan fingerprint density at radius 1 is 1.23 bits per heavy atom. The Morgan fingerprint density at radius 2 is 2.05 bits per heavy atom. The number of ether oxygens (including phenoxy) is 1. The summed E-state index contributed by atoms with van der Waals surface area (Å²) in [4.78, 5) is 15.7. The number of carbonyl (C=O) groups is 1. The molecule has 0 radical (unpaired) electrons. The van der Waals surface area contributed by atoms with Crippen molar-refractivity contribution in [3.63, 3.8) is 0 Å². The average Bonchev–Trinajstić information content (AvgIpc) is 3.31. The molecule has 2 aromatic carbocycles. The maximum absolute atomic E-state index is 14.9. The van der Waals surface area contributed by atoms with Crippen LogP contribution in [0.25, 0.3) is 16.4 Å². The van der Waals surface area contributed by atoms with Crippen molar-refractivity contribution < 1.29 is 32.0 Å². The molecule has 222 valence electrons. The minimum atomic E-state index is -2.00. The number of hydrogen-bond donors (Lipinski definition) is 2. The van der Waals surface area contributed by atoms with Crippen molar-refractivity contribution in [1.29, 1.82) is 0 Å². The van der Waals surface area contributed by atoms with E-state index in [2.05, 4.69) is 16.8 Å². The number of aromatic nitrogens is 3. The first kappa shape index (κ1) is 29.3. The van der Waals surface area contributed by atoms with Gasteiger partial charge in [-0.15, -0.1) is 11.3 Å². The smallest absolute Gasteiger partial charge is 0.355 e. The monoisotopic (exact) mass is 626 g/mol. The maximum Gasteiger partial charge on any atom is 0.355 e. The summed E-state index contributed by atoms with van der Waals surface area (Å²) in [6.07, 6.45) is 2.92. The van der Waals surface area contributed by atoms with Gasteiger partial charge in [0.25, 0.3) is 0 Å². The topological polar surface area (TPSA) is 120 Å². The van der Waals surface area contributed by atoms with Crippen molar-refractivity contribution >= 4 is 28.3 Å². The summed E-state index contributed by atoms with van der Waals surface area (Å²) >= 11 is 1.12. The third kappa shape index (κ3) is 6.28. The molecule has 43 heavy (non-hydrogen) atoms.